The summed E-state index contributed by atoms with van der Waals surface area (Å²) in [5.74, 6) is -3.10. The Labute approximate surface area is 673 Å². The highest BCUT2D eigenvalue weighted by Crippen LogP contribution is 2.46. The number of hydrogen-bond acceptors (Lipinski definition) is 10. The average molecular weight is 1430 g/mol. The molecule has 18 aromatic rings. The second-order valence-corrected chi connectivity index (χ2v) is 24.1. The molecule has 0 saturated carbocycles. The van der Waals surface area contributed by atoms with Crippen LogP contribution in [-0.2, 0) is 9.31 Å². The number of nitrogens with zero attached hydrogens (tertiary/aromatic N) is 8. The van der Waals surface area contributed by atoms with Crippen molar-refractivity contribution in [1.82, 2.24) is 39.0 Å². The van der Waals surface area contributed by atoms with Gasteiger partial charge in [0.05, 0.1) is 108 Å². The van der Waals surface area contributed by atoms with Crippen molar-refractivity contribution in [3.8, 4) is 81.2 Å². The molecule has 14 heteroatoms. The molecule has 0 unspecified atom stereocenters. The topological polar surface area (TPSA) is 106 Å². The SMILES string of the molecule is C.C.C#C.[2H]c1c([2H])c(-n2c3c([2H])c([2H])c([2H])c([2H])c3c3c([2H])c([2H])c4c(sc5c([2H])c([2H])c([2H])c([2H])c54)c32)c([2H])c([2H])c1B1OC(C)(C)C(C)(C)O1.[2H]c1c([2H])c([2H])c(-c2nc(-c3c([2H])c([2H])c([2H])c([2H])c3[2H])nc(-c3c([2H])c([2H])c(-n4c5c([2H])c([2H])c([2H])c([2H])c5c5c([2H])c([2H])c6c(sc7c([2H])c([2H])c([2H])c([2H])c76)c54)c([2H])c3[2H])n2)c([2H])c1[2H].[2H]c1c([2H])c([2H])c(-c2nc(Cl)nc(-c3c([2H])c([2H])c([2H])c([2H])c3[2H])n2)c([2H])c1[2H]. The molecule has 496 valence electrons. The van der Waals surface area contributed by atoms with Crippen molar-refractivity contribution >= 4 is 131 Å². The van der Waals surface area contributed by atoms with E-state index >= 15 is 0 Å². The van der Waals surface area contributed by atoms with E-state index in [4.69, 9.17) is 77.1 Å². The minimum Gasteiger partial charge on any atom is -0.399 e. The first-order valence-electron chi connectivity index (χ1n) is 53.0. The van der Waals surface area contributed by atoms with E-state index in [2.05, 4.69) is 42.8 Å². The Kier molecular flexibility index (Phi) is 8.76. The van der Waals surface area contributed by atoms with Crippen molar-refractivity contribution in [2.75, 3.05) is 0 Å². The Balaban J connectivity index is 0.000000188. The Morgan fingerprint density at radius 3 is 1.01 bits per heavy atom. The van der Waals surface area contributed by atoms with Crippen LogP contribution in [0, 0.1) is 12.8 Å². The number of rotatable bonds is 8. The maximum Gasteiger partial charge on any atom is 0.494 e. The summed E-state index contributed by atoms with van der Waals surface area (Å²) in [5, 5.41) is -1.85. The first-order valence-corrected chi connectivity index (χ1v) is 31.0. The molecule has 7 heterocycles. The van der Waals surface area contributed by atoms with Gasteiger partial charge in [-0.2, -0.15) is 9.97 Å². The summed E-state index contributed by atoms with van der Waals surface area (Å²) in [4.78, 5) is 24.3. The minimum atomic E-state index is -1.27. The zero-order valence-electron chi connectivity index (χ0n) is 99.3. The molecular weight excluding hydrogens is 1310 g/mol. The molecule has 19 rings (SSSR count). The Hall–Kier alpha value is -11.5. The van der Waals surface area contributed by atoms with Crippen LogP contribution in [0.2, 0.25) is 5.28 Å². The van der Waals surface area contributed by atoms with Crippen molar-refractivity contribution in [3.63, 3.8) is 0 Å². The van der Waals surface area contributed by atoms with Gasteiger partial charge in [-0.25, -0.2) is 19.9 Å². The number of aromatic nitrogens is 8. The average Bonchev–Trinajstić information content (AvgIpc) is 1.52. The highest BCUT2D eigenvalue weighted by atomic mass is 35.5. The lowest BCUT2D eigenvalue weighted by Crippen LogP contribution is -2.41. The zero-order valence-corrected chi connectivity index (χ0v) is 53.7. The van der Waals surface area contributed by atoms with Crippen LogP contribution in [0.5, 0.6) is 0 Å². The molecule has 0 amide bonds. The number of halogens is 1. The van der Waals surface area contributed by atoms with Gasteiger partial charge in [-0.3, -0.25) is 0 Å². The number of benzene rings is 12. The van der Waals surface area contributed by atoms with Gasteiger partial charge in [-0.1, -0.05) is 244 Å². The summed E-state index contributed by atoms with van der Waals surface area (Å²) < 4.78 is 425. The first kappa shape index (κ1) is 31.6. The second kappa shape index (κ2) is 28.3. The summed E-state index contributed by atoms with van der Waals surface area (Å²) in [6.45, 7) is 7.10. The lowest BCUT2D eigenvalue weighted by atomic mass is 9.79. The molecule has 1 saturated heterocycles. The largest absolute Gasteiger partial charge is 0.494 e. The molecule has 1 aliphatic heterocycles. The van der Waals surface area contributed by atoms with Crippen molar-refractivity contribution < 1.29 is 75.1 Å². The molecule has 6 aromatic heterocycles. The molecule has 0 aliphatic carbocycles. The quantitative estimate of drug-likeness (QED) is 0.109. The molecule has 12 aromatic carbocycles. The van der Waals surface area contributed by atoms with Crippen LogP contribution in [0.15, 0.2) is 290 Å². The van der Waals surface area contributed by atoms with Crippen LogP contribution >= 0.6 is 34.3 Å². The molecule has 102 heavy (non-hydrogen) atoms. The minimum absolute atomic E-state index is 0. The van der Waals surface area contributed by atoms with E-state index in [1.165, 1.54) is 0 Å². The Morgan fingerprint density at radius 1 is 0.343 bits per heavy atom. The van der Waals surface area contributed by atoms with Gasteiger partial charge in [0.15, 0.2) is 29.1 Å². The third kappa shape index (κ3) is 12.4. The number of para-hydroxylation sites is 2. The van der Waals surface area contributed by atoms with Gasteiger partial charge in [0, 0.05) is 91.7 Å². The predicted octanol–water partition coefficient (Wildman–Crippen LogP) is 23.2. The van der Waals surface area contributed by atoms with Gasteiger partial charge in [-0.15, -0.1) is 35.5 Å². The normalized spacial score (nSPS) is 19.5. The molecule has 0 radical (unpaired) electrons. The number of hydrogen-bond donors (Lipinski definition) is 0. The fourth-order valence-corrected chi connectivity index (χ4v) is 12.7. The molecule has 0 N–H and O–H groups in total. The predicted molar refractivity (Wildman–Crippen MR) is 432 cm³/mol. The van der Waals surface area contributed by atoms with E-state index in [0.29, 0.717) is 0 Å². The Morgan fingerprint density at radius 2 is 0.637 bits per heavy atom. The van der Waals surface area contributed by atoms with E-state index < -0.39 is 359 Å². The van der Waals surface area contributed by atoms with E-state index in [-0.39, 0.29) is 128 Å². The molecule has 0 spiro atoms. The maximum absolute atomic E-state index is 9.51. The third-order valence-corrected chi connectivity index (χ3v) is 17.9. The highest BCUT2D eigenvalue weighted by Gasteiger charge is 2.51. The fourth-order valence-electron chi connectivity index (χ4n) is 10.3. The molecule has 1 aliphatic rings. The molecule has 0 atom stereocenters. The van der Waals surface area contributed by atoms with Crippen LogP contribution in [0.25, 0.3) is 152 Å². The Bertz CT molecular complexity index is 8800. The van der Waals surface area contributed by atoms with Crippen LogP contribution < -0.4 is 5.46 Å². The number of thiophene rings is 2. The molecule has 10 nitrogen and oxygen atoms in total. The summed E-state index contributed by atoms with van der Waals surface area (Å²) >= 11 is 7.49. The maximum atomic E-state index is 9.51. The molecular formula is C88H70BClN8O2S2. The smallest absolute Gasteiger partial charge is 0.399 e. The molecule has 0 bridgehead atoms. The second-order valence-electron chi connectivity index (χ2n) is 21.7. The fraction of sp³-hybridized carbons (Fsp3) is 0.0909. The van der Waals surface area contributed by atoms with Gasteiger partial charge in [0.1, 0.15) is 0 Å². The molecule has 1 fully saturated rings. The summed E-state index contributed by atoms with van der Waals surface area (Å²) in [7, 11) is -1.27. The first-order chi connectivity index (χ1) is 68.9. The van der Waals surface area contributed by atoms with Crippen LogP contribution in [0.1, 0.15) is 108 Å². The number of terminal acetylenes is 1. The lowest BCUT2D eigenvalue weighted by Gasteiger charge is -2.32. The van der Waals surface area contributed by atoms with Crippen LogP contribution in [-0.4, -0.2) is 57.4 Å². The third-order valence-electron chi connectivity index (χ3n) is 15.5. The summed E-state index contributed by atoms with van der Waals surface area (Å²) in [6, 6.07) is -32.4. The zero-order chi connectivity index (χ0) is 110. The highest BCUT2D eigenvalue weighted by molar-refractivity contribution is 7.27. The van der Waals surface area contributed by atoms with Crippen molar-refractivity contribution in [2.45, 2.75) is 53.8 Å². The van der Waals surface area contributed by atoms with Gasteiger partial charge in [-0.05, 0) is 105 Å². The van der Waals surface area contributed by atoms with Crippen molar-refractivity contribution in [1.29, 1.82) is 0 Å². The van der Waals surface area contributed by atoms with E-state index in [0.717, 1.165) is 31.8 Å². The lowest BCUT2D eigenvalue weighted by molar-refractivity contribution is 0.00578. The van der Waals surface area contributed by atoms with Crippen LogP contribution in [0.4, 0.5) is 0 Å². The van der Waals surface area contributed by atoms with Gasteiger partial charge < -0.3 is 18.4 Å². The standard InChI is InChI=1S/C39H24N4S.C30H26BNO2S.C15H10ClN3.C2H2.2CH4/c1-3-11-25(12-4-1)37-40-38(26-13-5-2-6-14-26)42-39(41-37)27-19-21-28(22-20-27)43-33-17-9-7-15-29(33)31-23-24-32-30-16-8-10-18-34(30)44-36(32)35(31)43;1-29(2)30(3,4)34-31(33-29)19-13-15-20(16-14-19)32-25-11-7-5-9-21(25)23-17-18-24-22-10-6-8-12-26(22)35-28(24)27(23)32;16-15-18-13(11-7-3-1-4-8-11)17-14(19-15)12-9-5-2-6-10-12;1-2;;/h1-24H;5-18H,1-4H3;1-10H;1-2H;2*1H4/i1D,2D,3D,4D,5D,6D,7D,8D,9D,10D,11D,12D,13D,14D,15D,16D,17D,18D,19D,20D,21D,22D,23D,24D;5D,6D,7D,8D,9D,10D,11D,12D,13D,14D,15D,16D,17D,18D;1D,2D,3D,4D,5D,6D,7D,8D,9D,10D;;;. The van der Waals surface area contributed by atoms with Gasteiger partial charge in [0.25, 0.3) is 0 Å². The van der Waals surface area contributed by atoms with E-state index in [1.807, 2.05) is 0 Å². The van der Waals surface area contributed by atoms with Crippen molar-refractivity contribution in [2.24, 2.45) is 0 Å². The van der Waals surface area contributed by atoms with E-state index in [1.54, 1.807) is 27.7 Å². The number of fused-ring (bicyclic) bond motifs is 14. The van der Waals surface area contributed by atoms with Crippen molar-refractivity contribution in [3.05, 3.63) is 295 Å². The monoisotopic (exact) mass is 1430 g/mol. The van der Waals surface area contributed by atoms with Gasteiger partial charge in [0.2, 0.25) is 5.28 Å². The van der Waals surface area contributed by atoms with Crippen LogP contribution in [0.3, 0.4) is 0 Å². The van der Waals surface area contributed by atoms with Gasteiger partial charge >= 0.3 is 7.12 Å². The van der Waals surface area contributed by atoms with E-state index in [9.17, 15) is 9.60 Å². The summed E-state index contributed by atoms with van der Waals surface area (Å²) in [5.41, 5.74) is -6.88. The summed E-state index contributed by atoms with van der Waals surface area (Å²) in [6.07, 6.45) is 8.00.